The van der Waals surface area contributed by atoms with Crippen molar-refractivity contribution in [3.8, 4) is 5.75 Å². The molecule has 0 unspecified atom stereocenters. The van der Waals surface area contributed by atoms with Gasteiger partial charge in [-0.1, -0.05) is 83.5 Å². The monoisotopic (exact) mass is 785 g/mol. The van der Waals surface area contributed by atoms with Crippen LogP contribution >= 0.6 is 0 Å². The summed E-state index contributed by atoms with van der Waals surface area (Å²) < 4.78 is 20.6. The van der Waals surface area contributed by atoms with Crippen molar-refractivity contribution in [2.45, 2.75) is 98.3 Å². The third-order valence-corrected chi connectivity index (χ3v) is 11.7. The number of ether oxygens (including phenoxy) is 3. The zero-order valence-electron chi connectivity index (χ0n) is 36.3. The van der Waals surface area contributed by atoms with Gasteiger partial charge in [-0.05, 0) is 105 Å². The lowest BCUT2D eigenvalue weighted by Gasteiger charge is -2.26. The number of anilines is 1. The molecule has 7 heteroatoms. The lowest BCUT2D eigenvalue weighted by atomic mass is 9.80. The second kappa shape index (κ2) is 19.4. The van der Waals surface area contributed by atoms with Gasteiger partial charge in [-0.2, -0.15) is 4.58 Å². The Morgan fingerprint density at radius 3 is 2.38 bits per heavy atom. The standard InChI is InChI=1S/C51H65N3O4/c1-9-11-31-54-45-27-24-40(49(55)52-30-32-56-33-34-57-36-37(3)4)35-43(45)51(7,8)47(54)29-26-39-19-17-18-38(48(39)58-41-20-13-12-14-21-41)25-28-46-50(5,6)42-22-15-16-23-44(42)53(46)10-2/h12-16,20-29,35,37H,9-11,17-19,30-34,36H2,1-8H3/p+1. The highest BCUT2D eigenvalue weighted by Crippen LogP contribution is 2.48. The Morgan fingerprint density at radius 2 is 1.62 bits per heavy atom. The highest BCUT2D eigenvalue weighted by molar-refractivity contribution is 6.04. The van der Waals surface area contributed by atoms with E-state index in [9.17, 15) is 4.79 Å². The Balaban J connectivity index is 1.28. The number of allylic oxidation sites excluding steroid dienone is 7. The van der Waals surface area contributed by atoms with Crippen LogP contribution in [0.3, 0.4) is 0 Å². The summed E-state index contributed by atoms with van der Waals surface area (Å²) in [5, 5.41) is 3.05. The van der Waals surface area contributed by atoms with Gasteiger partial charge in [0.1, 0.15) is 18.1 Å². The van der Waals surface area contributed by atoms with Crippen molar-refractivity contribution in [3.05, 3.63) is 136 Å². The van der Waals surface area contributed by atoms with E-state index in [1.54, 1.807) is 0 Å². The summed E-state index contributed by atoms with van der Waals surface area (Å²) in [5.41, 5.74) is 10.2. The van der Waals surface area contributed by atoms with Gasteiger partial charge in [0.15, 0.2) is 5.71 Å². The predicted molar refractivity (Wildman–Crippen MR) is 239 cm³/mol. The maximum atomic E-state index is 13.4. The molecule has 3 aliphatic rings. The van der Waals surface area contributed by atoms with Crippen LogP contribution < -0.4 is 15.0 Å². The van der Waals surface area contributed by atoms with Crippen molar-refractivity contribution in [3.63, 3.8) is 0 Å². The number of carbonyl (C=O) groups excluding carboxylic acids is 1. The molecule has 3 aromatic rings. The Kier molecular flexibility index (Phi) is 14.3. The molecule has 0 atom stereocenters. The lowest BCUT2D eigenvalue weighted by Crippen LogP contribution is -2.29. The van der Waals surface area contributed by atoms with Crippen LogP contribution in [0.25, 0.3) is 0 Å². The van der Waals surface area contributed by atoms with Gasteiger partial charge >= 0.3 is 0 Å². The van der Waals surface area contributed by atoms with Crippen molar-refractivity contribution in [2.75, 3.05) is 51.0 Å². The first kappa shape index (κ1) is 42.9. The molecule has 0 radical (unpaired) electrons. The maximum absolute atomic E-state index is 13.4. The minimum Gasteiger partial charge on any atom is -0.457 e. The average Bonchev–Trinajstić information content (AvgIpc) is 3.57. The highest BCUT2D eigenvalue weighted by Gasteiger charge is 2.45. The molecule has 0 aromatic heterocycles. The maximum Gasteiger partial charge on any atom is 0.251 e. The number of likely N-dealkylation sites (N-methyl/N-ethyl adjacent to an activating group) is 1. The summed E-state index contributed by atoms with van der Waals surface area (Å²) in [5.74, 6) is 2.20. The fourth-order valence-corrected chi connectivity index (χ4v) is 8.55. The predicted octanol–water partition coefficient (Wildman–Crippen LogP) is 11.0. The number of rotatable bonds is 18. The number of unbranched alkanes of at least 4 members (excludes halogenated alkanes) is 1. The molecule has 0 bridgehead atoms. The average molecular weight is 785 g/mol. The molecule has 0 fully saturated rings. The zero-order chi connectivity index (χ0) is 41.3. The van der Waals surface area contributed by atoms with Crippen LogP contribution in [-0.2, 0) is 20.3 Å². The number of benzene rings is 3. The summed E-state index contributed by atoms with van der Waals surface area (Å²) in [7, 11) is 0. The van der Waals surface area contributed by atoms with Gasteiger partial charge < -0.3 is 24.4 Å². The molecule has 0 saturated carbocycles. The number of carbonyl (C=O) groups is 1. The highest BCUT2D eigenvalue weighted by atomic mass is 16.5. The van der Waals surface area contributed by atoms with Crippen LogP contribution in [-0.4, -0.2) is 62.3 Å². The van der Waals surface area contributed by atoms with E-state index < -0.39 is 0 Å². The normalized spacial score (nSPS) is 18.5. The largest absolute Gasteiger partial charge is 0.457 e. The molecule has 0 saturated heterocycles. The van der Waals surface area contributed by atoms with Crippen molar-refractivity contribution < 1.29 is 23.6 Å². The number of hydrogen-bond acceptors (Lipinski definition) is 5. The van der Waals surface area contributed by atoms with Crippen LogP contribution in [0.5, 0.6) is 5.75 Å². The van der Waals surface area contributed by atoms with E-state index >= 15 is 0 Å². The third-order valence-electron chi connectivity index (χ3n) is 11.7. The fourth-order valence-electron chi connectivity index (χ4n) is 8.55. The number of para-hydroxylation sites is 2. The van der Waals surface area contributed by atoms with Crippen LogP contribution in [0, 0.1) is 5.92 Å². The first-order valence-corrected chi connectivity index (χ1v) is 21.6. The van der Waals surface area contributed by atoms with Crippen LogP contribution in [0.1, 0.15) is 109 Å². The minimum atomic E-state index is -0.319. The van der Waals surface area contributed by atoms with Crippen LogP contribution in [0.2, 0.25) is 0 Å². The molecule has 2 aliphatic heterocycles. The molecule has 1 N–H and O–H groups in total. The van der Waals surface area contributed by atoms with Crippen molar-refractivity contribution >= 4 is 23.0 Å². The van der Waals surface area contributed by atoms with Crippen molar-refractivity contribution in [1.29, 1.82) is 0 Å². The Morgan fingerprint density at radius 1 is 0.862 bits per heavy atom. The molecule has 3 aromatic carbocycles. The molecule has 1 amide bonds. The van der Waals surface area contributed by atoms with Gasteiger partial charge in [-0.25, -0.2) is 0 Å². The van der Waals surface area contributed by atoms with Crippen LogP contribution in [0.4, 0.5) is 11.4 Å². The van der Waals surface area contributed by atoms with Gasteiger partial charge in [0.05, 0.1) is 25.2 Å². The number of hydrogen-bond donors (Lipinski definition) is 1. The van der Waals surface area contributed by atoms with Gasteiger partial charge in [0.2, 0.25) is 5.69 Å². The lowest BCUT2D eigenvalue weighted by molar-refractivity contribution is -0.438. The van der Waals surface area contributed by atoms with E-state index in [0.29, 0.717) is 37.8 Å². The van der Waals surface area contributed by atoms with Gasteiger partial charge in [-0.15, -0.1) is 0 Å². The third kappa shape index (κ3) is 9.59. The van der Waals surface area contributed by atoms with Gasteiger partial charge in [0, 0.05) is 66.2 Å². The molecule has 6 rings (SSSR count). The summed E-state index contributed by atoms with van der Waals surface area (Å²) in [6.45, 7) is 22.5. The first-order chi connectivity index (χ1) is 28.0. The molecule has 2 heterocycles. The van der Waals surface area contributed by atoms with E-state index in [-0.39, 0.29) is 16.7 Å². The number of nitrogens with zero attached hydrogens (tertiary/aromatic N) is 2. The summed E-state index contributed by atoms with van der Waals surface area (Å²) >= 11 is 0. The zero-order valence-corrected chi connectivity index (χ0v) is 36.3. The molecular weight excluding hydrogens is 719 g/mol. The summed E-state index contributed by atoms with van der Waals surface area (Å²) in [4.78, 5) is 15.8. The quantitative estimate of drug-likeness (QED) is 0.103. The first-order valence-electron chi connectivity index (χ1n) is 21.6. The molecular formula is C51H66N3O4+. The Bertz CT molecular complexity index is 2070. The van der Waals surface area contributed by atoms with E-state index in [2.05, 4.69) is 131 Å². The van der Waals surface area contributed by atoms with Gasteiger partial charge in [0.25, 0.3) is 5.91 Å². The number of nitrogens with one attached hydrogen (secondary N) is 1. The Labute approximate surface area is 348 Å². The Hall–Kier alpha value is -4.72. The molecule has 0 spiro atoms. The topological polar surface area (TPSA) is 63.0 Å². The van der Waals surface area contributed by atoms with E-state index in [0.717, 1.165) is 63.3 Å². The summed E-state index contributed by atoms with van der Waals surface area (Å²) in [6, 6.07) is 25.1. The summed E-state index contributed by atoms with van der Waals surface area (Å²) in [6.07, 6.45) is 14.4. The van der Waals surface area contributed by atoms with Crippen molar-refractivity contribution in [2.24, 2.45) is 5.92 Å². The molecule has 58 heavy (non-hydrogen) atoms. The van der Waals surface area contributed by atoms with E-state index in [1.807, 2.05) is 36.4 Å². The molecule has 1 aliphatic carbocycles. The second-order valence-electron chi connectivity index (χ2n) is 17.2. The molecule has 308 valence electrons. The molecule has 7 nitrogen and oxygen atoms in total. The fraction of sp³-hybridized carbons (Fsp3) is 0.451. The number of amides is 1. The van der Waals surface area contributed by atoms with E-state index in [4.69, 9.17) is 14.2 Å². The van der Waals surface area contributed by atoms with Gasteiger partial charge in [-0.3, -0.25) is 4.79 Å². The van der Waals surface area contributed by atoms with Crippen molar-refractivity contribution in [1.82, 2.24) is 5.32 Å². The minimum absolute atomic E-state index is 0.0846. The van der Waals surface area contributed by atoms with Crippen LogP contribution in [0.15, 0.2) is 120 Å². The number of fused-ring (bicyclic) bond motifs is 2. The second-order valence-corrected chi connectivity index (χ2v) is 17.2. The SMILES string of the molecule is CCCC[N+]1=C(C=CC2=C(Oc3ccccc3)C(=CC=C3N(CC)c4ccccc4C3(C)C)CCC2)C(C)(C)c2cc(C(=O)NCCOCCOCC(C)C)ccc21. The van der Waals surface area contributed by atoms with E-state index in [1.165, 1.54) is 45.1 Å². The smallest absolute Gasteiger partial charge is 0.251 e.